The van der Waals surface area contributed by atoms with Gasteiger partial charge in [0.1, 0.15) is 5.52 Å². The number of amides is 1. The van der Waals surface area contributed by atoms with Gasteiger partial charge in [-0.2, -0.15) is 4.98 Å². The number of rotatable bonds is 3. The lowest BCUT2D eigenvalue weighted by atomic mass is 9.94. The second-order valence-electron chi connectivity index (χ2n) is 7.80. The lowest BCUT2D eigenvalue weighted by molar-refractivity contribution is -0.126. The Bertz CT molecular complexity index is 701. The molecule has 4 rings (SSSR count). The van der Waals surface area contributed by atoms with Gasteiger partial charge in [-0.05, 0) is 37.8 Å². The van der Waals surface area contributed by atoms with E-state index in [2.05, 4.69) is 15.2 Å². The number of piperidine rings is 1. The van der Waals surface area contributed by atoms with Crippen LogP contribution in [-0.4, -0.2) is 30.0 Å². The number of nitrogens with one attached hydrogen (secondary N) is 1. The van der Waals surface area contributed by atoms with E-state index in [0.717, 1.165) is 43.3 Å². The molecule has 0 spiro atoms. The molecule has 5 nitrogen and oxygen atoms in total. The average Bonchev–Trinajstić information content (AvgIpc) is 3.08. The van der Waals surface area contributed by atoms with Crippen LogP contribution in [0.15, 0.2) is 28.7 Å². The highest BCUT2D eigenvalue weighted by molar-refractivity contribution is 5.80. The van der Waals surface area contributed by atoms with Crippen molar-refractivity contribution in [3.05, 3.63) is 24.3 Å². The van der Waals surface area contributed by atoms with Crippen molar-refractivity contribution in [3.8, 4) is 0 Å². The number of hydrogen-bond acceptors (Lipinski definition) is 4. The van der Waals surface area contributed by atoms with Gasteiger partial charge in [-0.1, -0.05) is 44.2 Å². The highest BCUT2D eigenvalue weighted by Gasteiger charge is 2.29. The van der Waals surface area contributed by atoms with E-state index in [4.69, 9.17) is 4.42 Å². The molecule has 1 atom stereocenters. The summed E-state index contributed by atoms with van der Waals surface area (Å²) in [4.78, 5) is 19.6. The lowest BCUT2D eigenvalue weighted by Gasteiger charge is -2.32. The summed E-state index contributed by atoms with van der Waals surface area (Å²) >= 11 is 0. The summed E-state index contributed by atoms with van der Waals surface area (Å²) in [5.41, 5.74) is 1.69. The molecule has 26 heavy (non-hydrogen) atoms. The number of fused-ring (bicyclic) bond motifs is 1. The molecule has 1 N–H and O–H groups in total. The number of anilines is 1. The molecule has 2 heterocycles. The third-order valence-corrected chi connectivity index (χ3v) is 5.80. The van der Waals surface area contributed by atoms with Crippen molar-refractivity contribution < 1.29 is 9.21 Å². The Morgan fingerprint density at radius 3 is 2.62 bits per heavy atom. The molecule has 1 amide bonds. The third kappa shape index (κ3) is 4.02. The van der Waals surface area contributed by atoms with E-state index in [1.165, 1.54) is 32.1 Å². The zero-order valence-corrected chi connectivity index (χ0v) is 15.5. The quantitative estimate of drug-likeness (QED) is 0.893. The molecule has 0 radical (unpaired) electrons. The van der Waals surface area contributed by atoms with Gasteiger partial charge in [0, 0.05) is 19.1 Å². The summed E-state index contributed by atoms with van der Waals surface area (Å²) in [5.74, 6) is 0.251. The number of aromatic nitrogens is 1. The fourth-order valence-corrected chi connectivity index (χ4v) is 4.28. The van der Waals surface area contributed by atoms with Gasteiger partial charge < -0.3 is 14.6 Å². The van der Waals surface area contributed by atoms with E-state index in [0.29, 0.717) is 18.6 Å². The van der Waals surface area contributed by atoms with Crippen molar-refractivity contribution in [3.63, 3.8) is 0 Å². The summed E-state index contributed by atoms with van der Waals surface area (Å²) in [6, 6.07) is 8.84. The second kappa shape index (κ2) is 8.11. The normalized spacial score (nSPS) is 22.8. The SMILES string of the molecule is O=C(NC1CCCCCCC1)[C@@H]1CCCN(c2nc3ccccc3o2)C1. The first kappa shape index (κ1) is 17.4. The third-order valence-electron chi connectivity index (χ3n) is 5.80. The zero-order valence-electron chi connectivity index (χ0n) is 15.5. The summed E-state index contributed by atoms with van der Waals surface area (Å²) in [6.45, 7) is 1.60. The predicted molar refractivity (Wildman–Crippen MR) is 103 cm³/mol. The molecule has 1 saturated carbocycles. The first-order valence-electron chi connectivity index (χ1n) is 10.2. The van der Waals surface area contributed by atoms with Crippen LogP contribution >= 0.6 is 0 Å². The average molecular weight is 355 g/mol. The highest BCUT2D eigenvalue weighted by atomic mass is 16.4. The van der Waals surface area contributed by atoms with E-state index >= 15 is 0 Å². The minimum atomic E-state index is 0.0317. The van der Waals surface area contributed by atoms with Gasteiger partial charge in [-0.25, -0.2) is 0 Å². The maximum absolute atomic E-state index is 12.8. The number of benzene rings is 1. The van der Waals surface area contributed by atoms with Crippen LogP contribution in [0.2, 0.25) is 0 Å². The summed E-state index contributed by atoms with van der Waals surface area (Å²) < 4.78 is 5.90. The Balaban J connectivity index is 1.38. The van der Waals surface area contributed by atoms with Gasteiger partial charge in [0.2, 0.25) is 5.91 Å². The fraction of sp³-hybridized carbons (Fsp3) is 0.619. The number of carbonyl (C=O) groups is 1. The van der Waals surface area contributed by atoms with Crippen molar-refractivity contribution in [2.24, 2.45) is 5.92 Å². The monoisotopic (exact) mass is 355 g/mol. The highest BCUT2D eigenvalue weighted by Crippen LogP contribution is 2.27. The minimum Gasteiger partial charge on any atom is -0.423 e. The van der Waals surface area contributed by atoms with E-state index in [-0.39, 0.29) is 11.8 Å². The van der Waals surface area contributed by atoms with Crippen LogP contribution in [0.4, 0.5) is 6.01 Å². The molecular formula is C21H29N3O2. The van der Waals surface area contributed by atoms with Gasteiger partial charge in [-0.15, -0.1) is 0 Å². The largest absolute Gasteiger partial charge is 0.423 e. The molecule has 2 aromatic rings. The minimum absolute atomic E-state index is 0.0317. The van der Waals surface area contributed by atoms with E-state index in [1.807, 2.05) is 24.3 Å². The van der Waals surface area contributed by atoms with Crippen LogP contribution in [-0.2, 0) is 4.79 Å². The smallest absolute Gasteiger partial charge is 0.298 e. The Morgan fingerprint density at radius 2 is 1.81 bits per heavy atom. The van der Waals surface area contributed by atoms with Crippen LogP contribution in [0.3, 0.4) is 0 Å². The van der Waals surface area contributed by atoms with Crippen molar-refractivity contribution in [1.82, 2.24) is 10.3 Å². The van der Waals surface area contributed by atoms with E-state index < -0.39 is 0 Å². The van der Waals surface area contributed by atoms with E-state index in [1.54, 1.807) is 0 Å². The first-order chi connectivity index (χ1) is 12.8. The molecule has 1 aliphatic carbocycles. The van der Waals surface area contributed by atoms with E-state index in [9.17, 15) is 4.79 Å². The number of oxazole rings is 1. The Hall–Kier alpha value is -2.04. The number of para-hydroxylation sites is 2. The fourth-order valence-electron chi connectivity index (χ4n) is 4.28. The number of carbonyl (C=O) groups excluding carboxylic acids is 1. The van der Waals surface area contributed by atoms with Gasteiger partial charge in [0.15, 0.2) is 5.58 Å². The standard InChI is InChI=1S/C21H29N3O2/c25-20(22-17-10-4-2-1-3-5-11-17)16-9-8-14-24(15-16)21-23-18-12-6-7-13-19(18)26-21/h6-7,12-13,16-17H,1-5,8-11,14-15H2,(H,22,25)/t16-/m1/s1. The maximum atomic E-state index is 12.8. The summed E-state index contributed by atoms with van der Waals surface area (Å²) in [7, 11) is 0. The van der Waals surface area contributed by atoms with Crippen LogP contribution in [0, 0.1) is 5.92 Å². The van der Waals surface area contributed by atoms with Gasteiger partial charge >= 0.3 is 0 Å². The van der Waals surface area contributed by atoms with Gasteiger partial charge in [0.05, 0.1) is 5.92 Å². The molecule has 5 heteroatoms. The van der Waals surface area contributed by atoms with Crippen LogP contribution in [0.5, 0.6) is 0 Å². The topological polar surface area (TPSA) is 58.4 Å². The molecule has 1 aliphatic heterocycles. The van der Waals surface area contributed by atoms with Gasteiger partial charge in [-0.3, -0.25) is 4.79 Å². The van der Waals surface area contributed by atoms with Crippen molar-refractivity contribution in [2.45, 2.75) is 63.8 Å². The maximum Gasteiger partial charge on any atom is 0.298 e. The van der Waals surface area contributed by atoms with Crippen molar-refractivity contribution in [1.29, 1.82) is 0 Å². The second-order valence-corrected chi connectivity index (χ2v) is 7.80. The molecule has 2 aliphatic rings. The molecule has 1 aromatic carbocycles. The summed E-state index contributed by atoms with van der Waals surface area (Å²) in [5, 5.41) is 3.34. The van der Waals surface area contributed by atoms with Crippen LogP contribution in [0.1, 0.15) is 57.8 Å². The Kier molecular flexibility index (Phi) is 5.42. The van der Waals surface area contributed by atoms with Gasteiger partial charge in [0.25, 0.3) is 6.01 Å². The zero-order chi connectivity index (χ0) is 17.8. The summed E-state index contributed by atoms with van der Waals surface area (Å²) in [6.07, 6.45) is 10.7. The Morgan fingerprint density at radius 1 is 1.04 bits per heavy atom. The number of nitrogens with zero attached hydrogens (tertiary/aromatic N) is 2. The number of hydrogen-bond donors (Lipinski definition) is 1. The van der Waals surface area contributed by atoms with Crippen molar-refractivity contribution >= 4 is 23.0 Å². The molecule has 0 bridgehead atoms. The molecule has 140 valence electrons. The molecule has 1 aromatic heterocycles. The molecule has 0 unspecified atom stereocenters. The predicted octanol–water partition coefficient (Wildman–Crippen LogP) is 4.27. The molecular weight excluding hydrogens is 326 g/mol. The molecule has 1 saturated heterocycles. The Labute approximate surface area is 155 Å². The van der Waals surface area contributed by atoms with Crippen molar-refractivity contribution in [2.75, 3.05) is 18.0 Å². The molecule has 2 fully saturated rings. The van der Waals surface area contributed by atoms with Crippen LogP contribution in [0.25, 0.3) is 11.1 Å². The van der Waals surface area contributed by atoms with Crippen LogP contribution < -0.4 is 10.2 Å². The lowest BCUT2D eigenvalue weighted by Crippen LogP contribution is -2.46. The first-order valence-corrected chi connectivity index (χ1v) is 10.2.